The van der Waals surface area contributed by atoms with Gasteiger partial charge in [-0.05, 0) is 12.1 Å². The molecule has 1 aromatic heterocycles. The minimum Gasteiger partial charge on any atom is -0.478 e. The van der Waals surface area contributed by atoms with Gasteiger partial charge in [0.05, 0.1) is 16.2 Å². The van der Waals surface area contributed by atoms with Crippen molar-refractivity contribution in [2.75, 3.05) is 7.05 Å². The van der Waals surface area contributed by atoms with Gasteiger partial charge < -0.3 is 10.4 Å². The van der Waals surface area contributed by atoms with E-state index in [0.29, 0.717) is 0 Å². The molecule has 0 saturated heterocycles. The van der Waals surface area contributed by atoms with E-state index in [1.807, 2.05) is 0 Å². The van der Waals surface area contributed by atoms with Crippen molar-refractivity contribution >= 4 is 17.6 Å². The van der Waals surface area contributed by atoms with E-state index in [1.165, 1.54) is 36.1 Å². The van der Waals surface area contributed by atoms with Crippen molar-refractivity contribution in [3.63, 3.8) is 0 Å². The SMILES string of the molecule is CNC(=O)c1ccn(-c2ccc([N+](=O)[O-])cc2C(=O)O)n1. The number of hydrogen-bond donors (Lipinski definition) is 2. The molecule has 9 nitrogen and oxygen atoms in total. The number of carbonyl (C=O) groups excluding carboxylic acids is 1. The largest absolute Gasteiger partial charge is 0.478 e. The summed E-state index contributed by atoms with van der Waals surface area (Å²) in [6.45, 7) is 0. The minimum absolute atomic E-state index is 0.104. The van der Waals surface area contributed by atoms with Gasteiger partial charge in [-0.15, -0.1) is 0 Å². The van der Waals surface area contributed by atoms with Crippen molar-refractivity contribution in [1.82, 2.24) is 15.1 Å². The third kappa shape index (κ3) is 2.71. The maximum Gasteiger partial charge on any atom is 0.338 e. The maximum absolute atomic E-state index is 11.4. The Kier molecular flexibility index (Phi) is 3.65. The molecule has 0 bridgehead atoms. The average Bonchev–Trinajstić information content (AvgIpc) is 2.95. The molecule has 0 aliphatic heterocycles. The Bertz CT molecular complexity index is 737. The van der Waals surface area contributed by atoms with E-state index >= 15 is 0 Å². The molecule has 0 spiro atoms. The van der Waals surface area contributed by atoms with E-state index in [-0.39, 0.29) is 22.6 Å². The van der Waals surface area contributed by atoms with Crippen molar-refractivity contribution in [2.45, 2.75) is 0 Å². The quantitative estimate of drug-likeness (QED) is 0.634. The van der Waals surface area contributed by atoms with Gasteiger partial charge in [-0.1, -0.05) is 0 Å². The van der Waals surface area contributed by atoms with Crippen molar-refractivity contribution in [3.8, 4) is 5.69 Å². The van der Waals surface area contributed by atoms with Gasteiger partial charge in [0.1, 0.15) is 0 Å². The summed E-state index contributed by atoms with van der Waals surface area (Å²) in [4.78, 5) is 32.7. The molecule has 9 heteroatoms. The molecule has 0 aliphatic carbocycles. The highest BCUT2D eigenvalue weighted by Gasteiger charge is 2.18. The van der Waals surface area contributed by atoms with Crippen LogP contribution in [-0.4, -0.2) is 38.7 Å². The zero-order chi connectivity index (χ0) is 15.6. The van der Waals surface area contributed by atoms with Gasteiger partial charge in [-0.2, -0.15) is 5.10 Å². The van der Waals surface area contributed by atoms with Gasteiger partial charge in [0, 0.05) is 25.4 Å². The Morgan fingerprint density at radius 3 is 2.67 bits per heavy atom. The molecular weight excluding hydrogens is 280 g/mol. The average molecular weight is 290 g/mol. The van der Waals surface area contributed by atoms with Crippen LogP contribution in [0.4, 0.5) is 5.69 Å². The van der Waals surface area contributed by atoms with Gasteiger partial charge in [-0.3, -0.25) is 14.9 Å². The van der Waals surface area contributed by atoms with Crippen LogP contribution in [0, 0.1) is 10.1 Å². The summed E-state index contributed by atoms with van der Waals surface area (Å²) >= 11 is 0. The third-order valence-corrected chi connectivity index (χ3v) is 2.72. The lowest BCUT2D eigenvalue weighted by Gasteiger charge is -2.05. The van der Waals surface area contributed by atoms with Crippen LogP contribution in [-0.2, 0) is 0 Å². The van der Waals surface area contributed by atoms with Gasteiger partial charge in [-0.25, -0.2) is 9.48 Å². The summed E-state index contributed by atoms with van der Waals surface area (Å²) in [5.41, 5.74) is -0.388. The smallest absolute Gasteiger partial charge is 0.338 e. The standard InChI is InChI=1S/C12H10N4O5/c1-13-11(17)9-4-5-15(14-9)10-3-2-7(16(20)21)6-8(10)12(18)19/h2-6H,1H3,(H,13,17)(H,18,19). The summed E-state index contributed by atoms with van der Waals surface area (Å²) in [5.74, 6) is -1.75. The number of nitro groups is 1. The first kappa shape index (κ1) is 14.2. The molecule has 2 N–H and O–H groups in total. The van der Waals surface area contributed by atoms with Crippen LogP contribution in [0.5, 0.6) is 0 Å². The first-order valence-corrected chi connectivity index (χ1v) is 5.74. The molecule has 108 valence electrons. The number of carbonyl (C=O) groups is 2. The van der Waals surface area contributed by atoms with E-state index in [2.05, 4.69) is 10.4 Å². The van der Waals surface area contributed by atoms with Gasteiger partial charge in [0.2, 0.25) is 0 Å². The highest BCUT2D eigenvalue weighted by molar-refractivity contribution is 5.93. The summed E-state index contributed by atoms with van der Waals surface area (Å²) in [6, 6.07) is 4.79. The van der Waals surface area contributed by atoms with E-state index in [4.69, 9.17) is 5.11 Å². The monoisotopic (exact) mass is 290 g/mol. The van der Waals surface area contributed by atoms with Crippen LogP contribution in [0.15, 0.2) is 30.5 Å². The van der Waals surface area contributed by atoms with Crippen LogP contribution in [0.25, 0.3) is 5.69 Å². The molecule has 2 rings (SSSR count). The van der Waals surface area contributed by atoms with Crippen molar-refractivity contribution < 1.29 is 19.6 Å². The van der Waals surface area contributed by atoms with Crippen LogP contribution >= 0.6 is 0 Å². The molecular formula is C12H10N4O5. The van der Waals surface area contributed by atoms with E-state index in [0.717, 1.165) is 6.07 Å². The second-order valence-electron chi connectivity index (χ2n) is 3.99. The topological polar surface area (TPSA) is 127 Å². The van der Waals surface area contributed by atoms with Gasteiger partial charge in [0.15, 0.2) is 5.69 Å². The fourth-order valence-corrected chi connectivity index (χ4v) is 1.72. The number of non-ortho nitro benzene ring substituents is 1. The number of carboxylic acids is 1. The second-order valence-corrected chi connectivity index (χ2v) is 3.99. The number of benzene rings is 1. The van der Waals surface area contributed by atoms with E-state index in [9.17, 15) is 19.7 Å². The lowest BCUT2D eigenvalue weighted by Crippen LogP contribution is -2.18. The summed E-state index contributed by atoms with van der Waals surface area (Å²) in [7, 11) is 1.44. The number of nitrogens with zero attached hydrogens (tertiary/aromatic N) is 3. The van der Waals surface area contributed by atoms with E-state index in [1.54, 1.807) is 0 Å². The van der Waals surface area contributed by atoms with Crippen LogP contribution < -0.4 is 5.32 Å². The molecule has 0 radical (unpaired) electrons. The summed E-state index contributed by atoms with van der Waals surface area (Å²) in [6.07, 6.45) is 1.40. The minimum atomic E-state index is -1.33. The number of aromatic carboxylic acids is 1. The molecule has 2 aromatic rings. The number of carboxylic acid groups (broad SMARTS) is 1. The Balaban J connectivity index is 2.53. The maximum atomic E-state index is 11.4. The van der Waals surface area contributed by atoms with Crippen LogP contribution in [0.3, 0.4) is 0 Å². The molecule has 0 fully saturated rings. The third-order valence-electron chi connectivity index (χ3n) is 2.72. The lowest BCUT2D eigenvalue weighted by molar-refractivity contribution is -0.384. The predicted octanol–water partition coefficient (Wildman–Crippen LogP) is 0.838. The molecule has 0 saturated carbocycles. The molecule has 0 unspecified atom stereocenters. The molecule has 0 atom stereocenters. The first-order chi connectivity index (χ1) is 9.93. The predicted molar refractivity (Wildman–Crippen MR) is 70.6 cm³/mol. The fourth-order valence-electron chi connectivity index (χ4n) is 1.72. The molecule has 0 aliphatic rings. The fraction of sp³-hybridized carbons (Fsp3) is 0.0833. The van der Waals surface area contributed by atoms with Crippen LogP contribution in [0.2, 0.25) is 0 Å². The first-order valence-electron chi connectivity index (χ1n) is 5.74. The Morgan fingerprint density at radius 2 is 2.10 bits per heavy atom. The number of rotatable bonds is 4. The molecule has 1 aromatic carbocycles. The normalized spacial score (nSPS) is 10.1. The Morgan fingerprint density at radius 1 is 1.38 bits per heavy atom. The second kappa shape index (κ2) is 5.41. The Labute approximate surface area is 118 Å². The zero-order valence-electron chi connectivity index (χ0n) is 10.8. The number of hydrogen-bond acceptors (Lipinski definition) is 5. The van der Waals surface area contributed by atoms with Gasteiger partial charge >= 0.3 is 5.97 Å². The summed E-state index contributed by atoms with van der Waals surface area (Å²) in [5, 5.41) is 26.2. The highest BCUT2D eigenvalue weighted by atomic mass is 16.6. The molecule has 1 amide bonds. The number of nitro benzene ring substituents is 1. The van der Waals surface area contributed by atoms with Gasteiger partial charge in [0.25, 0.3) is 11.6 Å². The van der Waals surface area contributed by atoms with Crippen LogP contribution in [0.1, 0.15) is 20.8 Å². The van der Waals surface area contributed by atoms with Crippen molar-refractivity contribution in [1.29, 1.82) is 0 Å². The van der Waals surface area contributed by atoms with Crippen molar-refractivity contribution in [2.24, 2.45) is 0 Å². The van der Waals surface area contributed by atoms with Crippen molar-refractivity contribution in [3.05, 3.63) is 51.8 Å². The number of amides is 1. The Hall–Kier alpha value is -3.23. The summed E-state index contributed by atoms with van der Waals surface area (Å²) < 4.78 is 1.18. The number of aromatic nitrogens is 2. The van der Waals surface area contributed by atoms with E-state index < -0.39 is 16.8 Å². The molecule has 21 heavy (non-hydrogen) atoms. The lowest BCUT2D eigenvalue weighted by atomic mass is 10.1. The molecule has 1 heterocycles. The number of nitrogens with one attached hydrogen (secondary N) is 1. The zero-order valence-corrected chi connectivity index (χ0v) is 10.8. The highest BCUT2D eigenvalue weighted by Crippen LogP contribution is 2.21.